The van der Waals surface area contributed by atoms with E-state index in [9.17, 15) is 72.1 Å². The molecule has 7 rings (SSSR count). The highest BCUT2D eigenvalue weighted by Crippen LogP contribution is 2.28. The van der Waals surface area contributed by atoms with E-state index in [0.717, 1.165) is 18.2 Å². The number of sulfone groups is 2. The minimum absolute atomic E-state index is 0.000658. The number of aliphatic hydroxyl groups excluding tert-OH is 4. The molecule has 7 aromatic rings. The van der Waals surface area contributed by atoms with Gasteiger partial charge in [0.05, 0.1) is 42.9 Å². The highest BCUT2D eigenvalue weighted by Gasteiger charge is 2.22. The van der Waals surface area contributed by atoms with Gasteiger partial charge in [-0.2, -0.15) is 0 Å². The maximum Gasteiger partial charge on any atom is 0.338 e. The Kier molecular flexibility index (Phi) is 23.4. The first-order chi connectivity index (χ1) is 40.4. The average molecular weight is 1220 g/mol. The molecule has 7 aromatic carbocycles. The maximum atomic E-state index is 13.1. The number of methoxy groups -OCH3 is 1. The van der Waals surface area contributed by atoms with Crippen molar-refractivity contribution in [1.82, 2.24) is 0 Å². The molecule has 0 saturated carbocycles. The standard InChI is InChI=1S/C34H34O12S.C26H28O11S/c1-21-11-23(15-25(35)13-21)33(39)45-19-27(37)17-43-29-3-7-31(8-4-29)47(41,42)32-9-5-30(6-10-32)44-18-28(38)20-46-34(40)24-12-22(2)14-26(36)16-24;1-34-13-20(29)14-35-22-2-6-24(7-3-22)38(32,33)25-8-4-23(5-9-25)36-15-21(30)16-37-26(31)17-10-18(27)12-19(28)11-17/h3-16,27-28,35-38H,17-20H2,1-2H3;2-12,20-21,27-30H,13-16H2,1H3. The topological polar surface area (TPSA) is 355 Å². The second kappa shape index (κ2) is 30.6. The molecule has 452 valence electrons. The van der Waals surface area contributed by atoms with Gasteiger partial charge in [0.2, 0.25) is 19.7 Å². The van der Waals surface area contributed by atoms with Crippen molar-refractivity contribution in [2.24, 2.45) is 0 Å². The number of aryl methyl sites for hydroxylation is 2. The number of hydrogen-bond donors (Lipinski definition) is 8. The Hall–Kier alpha value is -8.95. The fourth-order valence-electron chi connectivity index (χ4n) is 7.53. The van der Waals surface area contributed by atoms with E-state index in [4.69, 9.17) is 37.9 Å². The molecule has 25 heteroatoms. The summed E-state index contributed by atoms with van der Waals surface area (Å²) in [5, 5.41) is 78.1. The van der Waals surface area contributed by atoms with E-state index < -0.39 is 68.6 Å². The molecule has 4 atom stereocenters. The smallest absolute Gasteiger partial charge is 0.338 e. The van der Waals surface area contributed by atoms with E-state index in [-0.39, 0.29) is 123 Å². The van der Waals surface area contributed by atoms with Crippen molar-refractivity contribution in [1.29, 1.82) is 0 Å². The lowest BCUT2D eigenvalue weighted by Gasteiger charge is -2.14. The van der Waals surface area contributed by atoms with Crippen LogP contribution in [0.3, 0.4) is 0 Å². The van der Waals surface area contributed by atoms with Crippen LogP contribution in [0, 0.1) is 13.8 Å². The molecular weight excluding hydrogens is 1150 g/mol. The molecule has 8 N–H and O–H groups in total. The van der Waals surface area contributed by atoms with Crippen LogP contribution >= 0.6 is 0 Å². The first kappa shape index (κ1) is 65.2. The summed E-state index contributed by atoms with van der Waals surface area (Å²) in [5.41, 5.74) is 1.54. The first-order valence-corrected chi connectivity index (χ1v) is 28.6. The van der Waals surface area contributed by atoms with Gasteiger partial charge < -0.3 is 78.7 Å². The fraction of sp³-hybridized carbons (Fsp3) is 0.250. The van der Waals surface area contributed by atoms with Crippen LogP contribution in [-0.2, 0) is 38.6 Å². The van der Waals surface area contributed by atoms with Crippen molar-refractivity contribution in [3.8, 4) is 46.0 Å². The summed E-state index contributed by atoms with van der Waals surface area (Å²) in [6.07, 6.45) is -4.32. The molecule has 4 unspecified atom stereocenters. The zero-order valence-electron chi connectivity index (χ0n) is 45.9. The lowest BCUT2D eigenvalue weighted by atomic mass is 10.1. The molecule has 0 aliphatic carbocycles. The molecule has 0 aliphatic rings. The Morgan fingerprint density at radius 3 is 0.835 bits per heavy atom. The fourth-order valence-corrected chi connectivity index (χ4v) is 10.0. The largest absolute Gasteiger partial charge is 0.508 e. The number of hydrogen-bond acceptors (Lipinski definition) is 23. The Balaban J connectivity index is 0.000000279. The van der Waals surface area contributed by atoms with Gasteiger partial charge in [-0.15, -0.1) is 0 Å². The molecule has 0 radical (unpaired) electrons. The van der Waals surface area contributed by atoms with Crippen LogP contribution in [0.25, 0.3) is 0 Å². The average Bonchev–Trinajstić information content (AvgIpc) is 3.21. The number of benzene rings is 7. The number of phenols is 4. The SMILES string of the molecule is COCC(O)COc1ccc(S(=O)(=O)c2ccc(OCC(O)COC(=O)c3cc(O)cc(O)c3)cc2)cc1.Cc1cc(O)cc(C(=O)OCC(O)COc2ccc(S(=O)(=O)c3ccc(OCC(O)COC(=O)c4cc(C)cc(O)c4)cc3)cc2)c1. The van der Waals surface area contributed by atoms with Gasteiger partial charge in [0.25, 0.3) is 0 Å². The Bertz CT molecular complexity index is 3390. The highest BCUT2D eigenvalue weighted by atomic mass is 32.2. The number of rotatable bonds is 27. The molecule has 0 fully saturated rings. The van der Waals surface area contributed by atoms with Gasteiger partial charge in [0, 0.05) is 13.2 Å². The van der Waals surface area contributed by atoms with Gasteiger partial charge in [0.1, 0.15) is 117 Å². The van der Waals surface area contributed by atoms with Crippen LogP contribution in [0.1, 0.15) is 42.2 Å². The van der Waals surface area contributed by atoms with Gasteiger partial charge in [0.15, 0.2) is 0 Å². The summed E-state index contributed by atoms with van der Waals surface area (Å²) < 4.78 is 93.8. The van der Waals surface area contributed by atoms with Crippen LogP contribution in [-0.4, -0.2) is 160 Å². The van der Waals surface area contributed by atoms with Crippen molar-refractivity contribution in [2.75, 3.05) is 60.0 Å². The van der Waals surface area contributed by atoms with Crippen LogP contribution in [0.15, 0.2) is 171 Å². The van der Waals surface area contributed by atoms with E-state index in [1.807, 2.05) is 0 Å². The molecule has 0 spiro atoms. The Morgan fingerprint density at radius 2 is 0.588 bits per heavy atom. The lowest BCUT2D eigenvalue weighted by molar-refractivity contribution is 0.0127. The minimum atomic E-state index is -3.90. The van der Waals surface area contributed by atoms with Gasteiger partial charge in [-0.3, -0.25) is 0 Å². The van der Waals surface area contributed by atoms with Gasteiger partial charge >= 0.3 is 17.9 Å². The van der Waals surface area contributed by atoms with Gasteiger partial charge in [-0.1, -0.05) is 0 Å². The van der Waals surface area contributed by atoms with Crippen molar-refractivity contribution >= 4 is 37.6 Å². The van der Waals surface area contributed by atoms with E-state index in [2.05, 4.69) is 0 Å². The molecule has 0 heterocycles. The van der Waals surface area contributed by atoms with Crippen molar-refractivity contribution in [3.05, 3.63) is 179 Å². The molecule has 0 aromatic heterocycles. The Labute approximate surface area is 488 Å². The molecule has 0 bridgehead atoms. The third kappa shape index (κ3) is 20.1. The monoisotopic (exact) mass is 1210 g/mol. The number of esters is 3. The van der Waals surface area contributed by atoms with Crippen molar-refractivity contribution in [3.63, 3.8) is 0 Å². The number of aliphatic hydroxyl groups is 4. The zero-order valence-corrected chi connectivity index (χ0v) is 47.6. The third-order valence-corrected chi connectivity index (χ3v) is 15.2. The van der Waals surface area contributed by atoms with Gasteiger partial charge in [-0.05, 0) is 171 Å². The first-order valence-electron chi connectivity index (χ1n) is 25.7. The number of phenolic OH excluding ortho intramolecular Hbond substituents is 4. The molecular formula is C60H62O23S2. The summed E-state index contributed by atoms with van der Waals surface area (Å²) in [6.45, 7) is 1.72. The predicted octanol–water partition coefficient (Wildman–Crippen LogP) is 5.65. The van der Waals surface area contributed by atoms with Crippen LogP contribution in [0.5, 0.6) is 46.0 Å². The van der Waals surface area contributed by atoms with Gasteiger partial charge in [-0.25, -0.2) is 31.2 Å². The number of ether oxygens (including phenoxy) is 8. The van der Waals surface area contributed by atoms with E-state index in [1.54, 1.807) is 26.0 Å². The third-order valence-electron chi connectivity index (χ3n) is 11.6. The lowest BCUT2D eigenvalue weighted by Crippen LogP contribution is -2.25. The maximum absolute atomic E-state index is 13.1. The van der Waals surface area contributed by atoms with E-state index >= 15 is 0 Å². The zero-order chi connectivity index (χ0) is 61.8. The summed E-state index contributed by atoms with van der Waals surface area (Å²) in [6, 6.07) is 34.3. The molecule has 23 nitrogen and oxygen atoms in total. The number of aromatic hydroxyl groups is 4. The minimum Gasteiger partial charge on any atom is -0.508 e. The second-order valence-electron chi connectivity index (χ2n) is 18.9. The second-order valence-corrected chi connectivity index (χ2v) is 22.8. The predicted molar refractivity (Wildman–Crippen MR) is 301 cm³/mol. The van der Waals surface area contributed by atoms with Crippen LogP contribution in [0.4, 0.5) is 0 Å². The normalized spacial score (nSPS) is 12.7. The van der Waals surface area contributed by atoms with Crippen molar-refractivity contribution < 1.29 is 110 Å². The summed E-state index contributed by atoms with van der Waals surface area (Å²) >= 11 is 0. The van der Waals surface area contributed by atoms with Crippen LogP contribution in [0.2, 0.25) is 0 Å². The molecule has 0 aliphatic heterocycles. The van der Waals surface area contributed by atoms with Crippen molar-refractivity contribution in [2.45, 2.75) is 57.8 Å². The molecule has 0 saturated heterocycles. The molecule has 85 heavy (non-hydrogen) atoms. The number of carbonyl (C=O) groups excluding carboxylic acids is 3. The molecule has 0 amide bonds. The van der Waals surface area contributed by atoms with Crippen LogP contribution < -0.4 is 18.9 Å². The summed E-state index contributed by atoms with van der Waals surface area (Å²) in [5.74, 6) is -1.82. The van der Waals surface area contributed by atoms with E-state index in [0.29, 0.717) is 16.9 Å². The highest BCUT2D eigenvalue weighted by molar-refractivity contribution is 7.91. The summed E-state index contributed by atoms with van der Waals surface area (Å²) in [7, 11) is -6.26. The Morgan fingerprint density at radius 1 is 0.353 bits per heavy atom. The number of carbonyl (C=O) groups is 3. The quantitative estimate of drug-likeness (QED) is 0.0228. The van der Waals surface area contributed by atoms with E-state index in [1.165, 1.54) is 128 Å². The summed E-state index contributed by atoms with van der Waals surface area (Å²) in [4.78, 5) is 36.4.